The van der Waals surface area contributed by atoms with Crippen LogP contribution in [0.2, 0.25) is 0 Å². The smallest absolute Gasteiger partial charge is 0.109 e. The molecule has 0 fully saturated rings. The zero-order chi connectivity index (χ0) is 34.7. The standard InChI is InChI=1S/C33H33.C9H18.C5H5.Zr/c1-32(2,3)30-20-26-24(18-28(30)22-13-9-7-10-14-22)17-25-19-29(23-15-11-8-12-16-23)31(21-27(25)26)33(4,5)6;1-3-5-7-9-8-6-4-2;1-2-4-5-3-1;/h7-21H,1-6H3;3-8H2,1-2H3;1-3H,4H2;/q-1;;-1;+2. The van der Waals surface area contributed by atoms with Gasteiger partial charge in [-0.15, -0.1) is 46.2 Å². The van der Waals surface area contributed by atoms with E-state index in [1.54, 1.807) is 27.4 Å². The second-order valence-corrected chi connectivity index (χ2v) is 16.9. The fraction of sp³-hybridized carbons (Fsp3) is 0.362. The number of fused-ring (bicyclic) bond motifs is 3. The van der Waals surface area contributed by atoms with Gasteiger partial charge in [0.25, 0.3) is 0 Å². The van der Waals surface area contributed by atoms with Crippen molar-refractivity contribution < 1.29 is 24.2 Å². The zero-order valence-corrected chi connectivity index (χ0v) is 33.3. The van der Waals surface area contributed by atoms with Crippen molar-refractivity contribution in [3.63, 3.8) is 0 Å². The van der Waals surface area contributed by atoms with E-state index in [1.807, 2.05) is 12.2 Å². The van der Waals surface area contributed by atoms with Crippen LogP contribution in [0, 0.1) is 6.08 Å². The molecule has 1 heteroatoms. The Balaban J connectivity index is 0.000000288. The second kappa shape index (κ2) is 17.6. The summed E-state index contributed by atoms with van der Waals surface area (Å²) in [6.45, 7) is 18.4. The Kier molecular flexibility index (Phi) is 13.8. The topological polar surface area (TPSA) is 0 Å². The fourth-order valence-electron chi connectivity index (χ4n) is 6.31. The second-order valence-electron chi connectivity index (χ2n) is 15.2. The molecule has 48 heavy (non-hydrogen) atoms. The van der Waals surface area contributed by atoms with Crippen LogP contribution in [0.3, 0.4) is 0 Å². The third-order valence-corrected chi connectivity index (χ3v) is 10.2. The zero-order valence-electron chi connectivity index (χ0n) is 30.8. The predicted molar refractivity (Wildman–Crippen MR) is 211 cm³/mol. The Morgan fingerprint density at radius 3 is 1.42 bits per heavy atom. The van der Waals surface area contributed by atoms with Crippen LogP contribution in [0.15, 0.2) is 109 Å². The van der Waals surface area contributed by atoms with E-state index in [-0.39, 0.29) is 10.8 Å². The van der Waals surface area contributed by atoms with E-state index in [9.17, 15) is 0 Å². The Hall–Kier alpha value is -3.02. The van der Waals surface area contributed by atoms with Crippen LogP contribution in [-0.4, -0.2) is 3.21 Å². The van der Waals surface area contributed by atoms with Crippen LogP contribution >= 0.6 is 0 Å². The molecule has 0 saturated carbocycles. The van der Waals surface area contributed by atoms with Crippen molar-refractivity contribution in [2.24, 2.45) is 0 Å². The van der Waals surface area contributed by atoms with Crippen molar-refractivity contribution in [2.75, 3.05) is 0 Å². The Bertz CT molecular complexity index is 1680. The molecule has 6 rings (SSSR count). The van der Waals surface area contributed by atoms with Gasteiger partial charge in [-0.1, -0.05) is 114 Å². The summed E-state index contributed by atoms with van der Waals surface area (Å²) in [5, 5.41) is 5.36. The monoisotopic (exact) mass is 710 g/mol. The van der Waals surface area contributed by atoms with Crippen LogP contribution in [-0.2, 0) is 35.1 Å². The molecule has 5 aromatic rings. The van der Waals surface area contributed by atoms with Crippen molar-refractivity contribution in [1.29, 1.82) is 0 Å². The molecule has 0 spiro atoms. The summed E-state index contributed by atoms with van der Waals surface area (Å²) in [5.74, 6) is 0. The SMILES string of the molecule is CC(C)(C)c1cc2c(cc1-c1ccccc1)[cH-]c1cc(-c3ccccc3)c(C(C)(C)C)cc12.CCCC[C](=[Zr+2])CCCC.[C-]1=CC=CC1. The van der Waals surface area contributed by atoms with E-state index in [1.165, 1.54) is 93.5 Å². The van der Waals surface area contributed by atoms with Crippen molar-refractivity contribution in [3.8, 4) is 22.3 Å². The molecule has 0 bridgehead atoms. The first kappa shape index (κ1) is 37.8. The Morgan fingerprint density at radius 2 is 1.10 bits per heavy atom. The molecule has 0 N–H and O–H groups in total. The first-order valence-corrected chi connectivity index (χ1v) is 19.3. The van der Waals surface area contributed by atoms with Gasteiger partial charge >= 0.3 is 79.8 Å². The molecule has 5 aromatic carbocycles. The molecule has 0 radical (unpaired) electrons. The van der Waals surface area contributed by atoms with Gasteiger partial charge < -0.3 is 0 Å². The molecule has 0 saturated heterocycles. The average Bonchev–Trinajstić information content (AvgIpc) is 3.77. The van der Waals surface area contributed by atoms with Gasteiger partial charge in [0.05, 0.1) is 0 Å². The molecular weight excluding hydrogens is 656 g/mol. The van der Waals surface area contributed by atoms with Crippen LogP contribution in [0.5, 0.6) is 0 Å². The molecule has 0 aromatic heterocycles. The van der Waals surface area contributed by atoms with Crippen molar-refractivity contribution in [1.82, 2.24) is 0 Å². The van der Waals surface area contributed by atoms with Gasteiger partial charge in [-0.3, -0.25) is 6.08 Å². The number of unbranched alkanes of at least 4 members (excludes halogenated alkanes) is 2. The summed E-state index contributed by atoms with van der Waals surface area (Å²) >= 11 is 1.67. The molecule has 1 aliphatic rings. The largest absolute Gasteiger partial charge is 0.273 e. The van der Waals surface area contributed by atoms with Gasteiger partial charge in [-0.2, -0.15) is 6.08 Å². The molecule has 0 nitrogen and oxygen atoms in total. The number of benzene rings is 4. The van der Waals surface area contributed by atoms with Gasteiger partial charge in [0.2, 0.25) is 0 Å². The summed E-state index contributed by atoms with van der Waals surface area (Å²) in [4.78, 5) is 0. The maximum atomic E-state index is 2.99. The number of rotatable bonds is 8. The minimum atomic E-state index is 0.0554. The molecular formula is C47H56Zr. The molecule has 0 atom stereocenters. The fourth-order valence-corrected chi connectivity index (χ4v) is 7.17. The number of hydrogen-bond donors (Lipinski definition) is 0. The number of allylic oxidation sites excluding steroid dienone is 4. The van der Waals surface area contributed by atoms with Crippen LogP contribution < -0.4 is 0 Å². The van der Waals surface area contributed by atoms with Crippen molar-refractivity contribution >= 4 is 24.8 Å². The van der Waals surface area contributed by atoms with Crippen LogP contribution in [0.4, 0.5) is 0 Å². The van der Waals surface area contributed by atoms with Gasteiger partial charge in [0.15, 0.2) is 0 Å². The average molecular weight is 712 g/mol. The number of hydrogen-bond acceptors (Lipinski definition) is 0. The van der Waals surface area contributed by atoms with E-state index in [0.717, 1.165) is 6.42 Å². The minimum Gasteiger partial charge on any atom is -0.273 e. The summed E-state index contributed by atoms with van der Waals surface area (Å²) in [6.07, 6.45) is 18.3. The first-order chi connectivity index (χ1) is 22.9. The third-order valence-electron chi connectivity index (χ3n) is 9.02. The maximum absolute atomic E-state index is 2.99. The van der Waals surface area contributed by atoms with Crippen LogP contribution in [0.1, 0.15) is 111 Å². The summed E-state index contributed by atoms with van der Waals surface area (Å²) in [5.41, 5.74) is 8.16. The van der Waals surface area contributed by atoms with Crippen molar-refractivity contribution in [3.05, 3.63) is 126 Å². The summed E-state index contributed by atoms with van der Waals surface area (Å²) in [6, 6.07) is 33.7. The van der Waals surface area contributed by atoms with E-state index < -0.39 is 0 Å². The van der Waals surface area contributed by atoms with E-state index in [0.29, 0.717) is 0 Å². The molecule has 0 heterocycles. The molecule has 0 amide bonds. The van der Waals surface area contributed by atoms with Crippen LogP contribution in [0.25, 0.3) is 43.8 Å². The molecule has 0 unspecified atom stereocenters. The van der Waals surface area contributed by atoms with Gasteiger partial charge in [0.1, 0.15) is 0 Å². The van der Waals surface area contributed by atoms with Crippen molar-refractivity contribution in [2.45, 2.75) is 111 Å². The van der Waals surface area contributed by atoms with Gasteiger partial charge in [-0.25, -0.2) is 12.2 Å². The summed E-state index contributed by atoms with van der Waals surface area (Å²) < 4.78 is 1.79. The summed E-state index contributed by atoms with van der Waals surface area (Å²) in [7, 11) is 0. The van der Waals surface area contributed by atoms with E-state index in [4.69, 9.17) is 0 Å². The minimum absolute atomic E-state index is 0.0554. The predicted octanol–water partition coefficient (Wildman–Crippen LogP) is 14.0. The third kappa shape index (κ3) is 10.2. The van der Waals surface area contributed by atoms with E-state index >= 15 is 0 Å². The quantitative estimate of drug-likeness (QED) is 0.141. The van der Waals surface area contributed by atoms with E-state index in [2.05, 4.69) is 159 Å². The van der Waals surface area contributed by atoms with Gasteiger partial charge in [-0.05, 0) is 44.2 Å². The first-order valence-electron chi connectivity index (χ1n) is 18.0. The molecule has 1 aliphatic carbocycles. The Morgan fingerprint density at radius 1 is 0.667 bits per heavy atom. The molecule has 0 aliphatic heterocycles. The Labute approximate surface area is 307 Å². The van der Waals surface area contributed by atoms with Gasteiger partial charge in [0, 0.05) is 0 Å². The normalized spacial score (nSPS) is 12.5. The maximum Gasteiger partial charge on any atom is -0.109 e. The molecule has 248 valence electrons.